The minimum absolute atomic E-state index is 0.0912. The smallest absolute Gasteiger partial charge is 0.249 e. The molecule has 9 heteroatoms. The van der Waals surface area contributed by atoms with Crippen LogP contribution in [0, 0.1) is 5.41 Å². The lowest BCUT2D eigenvalue weighted by Gasteiger charge is -2.44. The summed E-state index contributed by atoms with van der Waals surface area (Å²) in [7, 11) is 0. The second-order valence-corrected chi connectivity index (χ2v) is 8.82. The van der Waals surface area contributed by atoms with E-state index in [9.17, 15) is 19.2 Å². The van der Waals surface area contributed by atoms with Gasteiger partial charge in [0.25, 0.3) is 0 Å². The molecule has 0 aromatic heterocycles. The second-order valence-electron chi connectivity index (χ2n) is 7.67. The summed E-state index contributed by atoms with van der Waals surface area (Å²) < 4.78 is 11.3. The number of carbonyl (C=O) groups is 4. The quantitative estimate of drug-likeness (QED) is 0.438. The summed E-state index contributed by atoms with van der Waals surface area (Å²) in [4.78, 5) is 46.4. The van der Waals surface area contributed by atoms with Crippen LogP contribution >= 0.6 is 11.8 Å². The second kappa shape index (κ2) is 10.2. The molecule has 1 rings (SSSR count). The highest BCUT2D eigenvalue weighted by molar-refractivity contribution is 8.13. The molecule has 1 saturated heterocycles. The van der Waals surface area contributed by atoms with Gasteiger partial charge in [0.15, 0.2) is 10.9 Å². The highest BCUT2D eigenvalue weighted by Crippen LogP contribution is 2.34. The Morgan fingerprint density at radius 2 is 1.74 bits per heavy atom. The Morgan fingerprint density at radius 3 is 2.37 bits per heavy atom. The highest BCUT2D eigenvalue weighted by Gasteiger charge is 2.45. The molecule has 1 atom stereocenters. The molecule has 0 radical (unpaired) electrons. The van der Waals surface area contributed by atoms with Gasteiger partial charge in [-0.15, -0.1) is 0 Å². The Kier molecular flexibility index (Phi) is 8.90. The molecule has 154 valence electrons. The fourth-order valence-electron chi connectivity index (χ4n) is 2.41. The molecule has 0 bridgehead atoms. The number of hydrogen-bond donors (Lipinski definition) is 2. The van der Waals surface area contributed by atoms with Gasteiger partial charge >= 0.3 is 0 Å². The Hall–Kier alpha value is -1.45. The maximum atomic E-state index is 12.4. The summed E-state index contributed by atoms with van der Waals surface area (Å²) in [5.41, 5.74) is -0.467. The topological polar surface area (TPSA) is 111 Å². The van der Waals surface area contributed by atoms with Gasteiger partial charge in [-0.25, -0.2) is 0 Å². The van der Waals surface area contributed by atoms with Crippen LogP contribution in [0.4, 0.5) is 0 Å². The van der Waals surface area contributed by atoms with Crippen molar-refractivity contribution in [2.24, 2.45) is 5.41 Å². The largest absolute Gasteiger partial charge is 0.355 e. The molecule has 8 nitrogen and oxygen atoms in total. The summed E-state index contributed by atoms with van der Waals surface area (Å²) in [5, 5.41) is 5.20. The molecule has 2 amide bonds. The Bertz CT molecular complexity index is 576. The maximum Gasteiger partial charge on any atom is 0.249 e. The Balaban J connectivity index is 2.26. The first-order valence-corrected chi connectivity index (χ1v) is 9.93. The van der Waals surface area contributed by atoms with Crippen molar-refractivity contribution in [1.82, 2.24) is 10.6 Å². The van der Waals surface area contributed by atoms with E-state index >= 15 is 0 Å². The normalized spacial score (nSPS) is 20.6. The highest BCUT2D eigenvalue weighted by atomic mass is 32.2. The molecular formula is C18H30N2O6S. The van der Waals surface area contributed by atoms with Gasteiger partial charge in [-0.05, 0) is 20.8 Å². The number of nitrogens with one attached hydrogen (secondary N) is 2. The fraction of sp³-hybridized carbons (Fsp3) is 0.778. The van der Waals surface area contributed by atoms with Gasteiger partial charge in [0.05, 0.1) is 13.0 Å². The molecule has 1 aliphatic heterocycles. The van der Waals surface area contributed by atoms with E-state index in [0.29, 0.717) is 18.9 Å². The predicted molar refractivity (Wildman–Crippen MR) is 102 cm³/mol. The lowest BCUT2D eigenvalue weighted by molar-refractivity contribution is -0.304. The summed E-state index contributed by atoms with van der Waals surface area (Å²) in [6.07, 6.45) is -0.621. The lowest BCUT2D eigenvalue weighted by atomic mass is 9.85. The van der Waals surface area contributed by atoms with E-state index < -0.39 is 17.3 Å². The molecule has 1 fully saturated rings. The van der Waals surface area contributed by atoms with Crippen molar-refractivity contribution >= 4 is 34.5 Å². The van der Waals surface area contributed by atoms with Crippen molar-refractivity contribution in [3.05, 3.63) is 0 Å². The summed E-state index contributed by atoms with van der Waals surface area (Å²) in [6.45, 7) is 9.59. The lowest BCUT2D eigenvalue weighted by Crippen LogP contribution is -2.56. The first kappa shape index (κ1) is 23.6. The number of hydrogen-bond acceptors (Lipinski definition) is 7. The van der Waals surface area contributed by atoms with Crippen molar-refractivity contribution in [2.75, 3.05) is 25.4 Å². The van der Waals surface area contributed by atoms with Crippen LogP contribution < -0.4 is 10.6 Å². The van der Waals surface area contributed by atoms with E-state index in [0.717, 1.165) is 11.8 Å². The van der Waals surface area contributed by atoms with E-state index in [1.807, 2.05) is 13.8 Å². The molecule has 1 unspecified atom stereocenters. The SMILES string of the molecule is CC(=O)CC(=O)SCCNC(=O)CCNC(=O)C1OC(C)(C)OCC1(C)C. The minimum atomic E-state index is -0.827. The molecule has 0 aromatic rings. The maximum absolute atomic E-state index is 12.4. The molecule has 27 heavy (non-hydrogen) atoms. The monoisotopic (exact) mass is 402 g/mol. The number of thioether (sulfide) groups is 1. The standard InChI is InChI=1S/C18H30N2O6S/c1-12(21)10-14(23)27-9-8-19-13(22)6-7-20-16(24)15-17(2,3)11-25-18(4,5)26-15/h15H,6-11H2,1-5H3,(H,19,22)(H,20,24). The third-order valence-corrected chi connectivity index (χ3v) is 4.75. The van der Waals surface area contributed by atoms with Crippen LogP contribution in [0.25, 0.3) is 0 Å². The average molecular weight is 403 g/mol. The zero-order chi connectivity index (χ0) is 20.7. The number of ether oxygens (including phenoxy) is 2. The first-order valence-electron chi connectivity index (χ1n) is 8.94. The summed E-state index contributed by atoms with van der Waals surface area (Å²) in [6, 6.07) is 0. The molecule has 1 heterocycles. The summed E-state index contributed by atoms with van der Waals surface area (Å²) in [5.74, 6) is -1.08. The third-order valence-electron chi connectivity index (χ3n) is 3.87. The third kappa shape index (κ3) is 8.85. The van der Waals surface area contributed by atoms with E-state index in [1.54, 1.807) is 13.8 Å². The first-order chi connectivity index (χ1) is 12.4. The molecule has 1 aliphatic rings. The zero-order valence-electron chi connectivity index (χ0n) is 16.7. The predicted octanol–water partition coefficient (Wildman–Crippen LogP) is 1.03. The van der Waals surface area contributed by atoms with Gasteiger partial charge < -0.3 is 20.1 Å². The Morgan fingerprint density at radius 1 is 1.07 bits per heavy atom. The van der Waals surface area contributed by atoms with Gasteiger partial charge in [0.1, 0.15) is 11.9 Å². The van der Waals surface area contributed by atoms with Gasteiger partial charge in [-0.1, -0.05) is 25.6 Å². The van der Waals surface area contributed by atoms with Crippen LogP contribution in [-0.2, 0) is 28.7 Å². The van der Waals surface area contributed by atoms with E-state index in [4.69, 9.17) is 9.47 Å². The van der Waals surface area contributed by atoms with Crippen molar-refractivity contribution in [3.63, 3.8) is 0 Å². The van der Waals surface area contributed by atoms with Gasteiger partial charge in [-0.2, -0.15) is 0 Å². The molecular weight excluding hydrogens is 372 g/mol. The van der Waals surface area contributed by atoms with Crippen molar-refractivity contribution < 1.29 is 28.7 Å². The van der Waals surface area contributed by atoms with E-state index in [1.165, 1.54) is 6.92 Å². The molecule has 0 aromatic carbocycles. The molecule has 2 N–H and O–H groups in total. The van der Waals surface area contributed by atoms with Crippen LogP contribution in [0.3, 0.4) is 0 Å². The van der Waals surface area contributed by atoms with Crippen LogP contribution in [0.5, 0.6) is 0 Å². The van der Waals surface area contributed by atoms with Crippen LogP contribution in [-0.4, -0.2) is 60.1 Å². The number of Topliss-reactive ketones (excluding diaryl/α,β-unsaturated/α-hetero) is 1. The van der Waals surface area contributed by atoms with E-state index in [-0.39, 0.29) is 42.1 Å². The van der Waals surface area contributed by atoms with Gasteiger partial charge in [-0.3, -0.25) is 19.2 Å². The van der Waals surface area contributed by atoms with Crippen molar-refractivity contribution in [3.8, 4) is 0 Å². The number of ketones is 1. The summed E-state index contributed by atoms with van der Waals surface area (Å²) >= 11 is 1.02. The van der Waals surface area contributed by atoms with E-state index in [2.05, 4.69) is 10.6 Å². The van der Waals surface area contributed by atoms with Crippen molar-refractivity contribution in [1.29, 1.82) is 0 Å². The van der Waals surface area contributed by atoms with Gasteiger partial charge in [0, 0.05) is 30.7 Å². The van der Waals surface area contributed by atoms with Gasteiger partial charge in [0.2, 0.25) is 11.8 Å². The molecule has 0 aliphatic carbocycles. The number of amides is 2. The fourth-order valence-corrected chi connectivity index (χ4v) is 3.15. The molecule has 0 saturated carbocycles. The van der Waals surface area contributed by atoms with Crippen molar-refractivity contribution in [2.45, 2.75) is 59.4 Å². The average Bonchev–Trinajstić information content (AvgIpc) is 2.53. The van der Waals surface area contributed by atoms with Crippen LogP contribution in [0.2, 0.25) is 0 Å². The molecule has 0 spiro atoms. The van der Waals surface area contributed by atoms with Crippen LogP contribution in [0.15, 0.2) is 0 Å². The number of rotatable bonds is 9. The number of carbonyl (C=O) groups excluding carboxylic acids is 4. The minimum Gasteiger partial charge on any atom is -0.355 e. The van der Waals surface area contributed by atoms with Crippen LogP contribution in [0.1, 0.15) is 47.5 Å². The zero-order valence-corrected chi connectivity index (χ0v) is 17.5. The Labute approximate surface area is 164 Å².